The zero-order chi connectivity index (χ0) is 15.6. The van der Waals surface area contributed by atoms with Crippen molar-refractivity contribution in [3.05, 3.63) is 29.8 Å². The van der Waals surface area contributed by atoms with Crippen LogP contribution < -0.4 is 5.32 Å². The molecule has 1 fully saturated rings. The van der Waals surface area contributed by atoms with Gasteiger partial charge < -0.3 is 15.0 Å². The normalized spacial score (nSPS) is 18.7. The van der Waals surface area contributed by atoms with Gasteiger partial charge in [0.2, 0.25) is 0 Å². The van der Waals surface area contributed by atoms with Crippen molar-refractivity contribution < 1.29 is 18.3 Å². The number of carbonyl (C=O) groups excluding carboxylic acids is 1. The third kappa shape index (κ3) is 4.58. The molecule has 0 aliphatic carbocycles. The number of carbonyl (C=O) groups is 1. The fraction of sp³-hybridized carbons (Fsp3) is 0.533. The van der Waals surface area contributed by atoms with Crippen LogP contribution in [-0.4, -0.2) is 35.7 Å². The Balaban J connectivity index is 1.92. The van der Waals surface area contributed by atoms with Crippen LogP contribution in [-0.2, 0) is 4.74 Å². The van der Waals surface area contributed by atoms with Crippen LogP contribution >= 0.6 is 0 Å². The molecule has 1 unspecified atom stereocenters. The quantitative estimate of drug-likeness (QED) is 0.910. The molecule has 1 atom stereocenters. The maximum Gasteiger partial charge on any atom is 0.410 e. The number of likely N-dealkylation sites (tertiary alicyclic amines) is 1. The molecule has 0 radical (unpaired) electrons. The van der Waals surface area contributed by atoms with Gasteiger partial charge in [0, 0.05) is 30.9 Å². The molecule has 1 aliphatic rings. The SMILES string of the molecule is CC(C)(C)OC(=O)N1CCC(Nc2cc(F)cc(F)c2)C1. The summed E-state index contributed by atoms with van der Waals surface area (Å²) in [4.78, 5) is 13.5. The number of halogens is 2. The van der Waals surface area contributed by atoms with Gasteiger partial charge in [-0.15, -0.1) is 0 Å². The van der Waals surface area contributed by atoms with Gasteiger partial charge in [-0.1, -0.05) is 0 Å². The first-order valence-corrected chi connectivity index (χ1v) is 6.93. The molecular weight excluding hydrogens is 278 g/mol. The van der Waals surface area contributed by atoms with E-state index in [1.165, 1.54) is 12.1 Å². The first-order chi connectivity index (χ1) is 9.73. The molecule has 6 heteroatoms. The second-order valence-electron chi connectivity index (χ2n) is 6.21. The topological polar surface area (TPSA) is 41.6 Å². The molecule has 1 aromatic carbocycles. The van der Waals surface area contributed by atoms with E-state index in [0.717, 1.165) is 6.07 Å². The minimum absolute atomic E-state index is 0.0429. The lowest BCUT2D eigenvalue weighted by Gasteiger charge is -2.24. The number of nitrogens with one attached hydrogen (secondary N) is 1. The molecule has 1 aromatic rings. The van der Waals surface area contributed by atoms with Crippen LogP contribution in [0.1, 0.15) is 27.2 Å². The van der Waals surface area contributed by atoms with Gasteiger partial charge in [-0.3, -0.25) is 0 Å². The third-order valence-corrected chi connectivity index (χ3v) is 3.07. The van der Waals surface area contributed by atoms with E-state index < -0.39 is 17.2 Å². The molecule has 1 saturated heterocycles. The number of nitrogens with zero attached hydrogens (tertiary/aromatic N) is 1. The highest BCUT2D eigenvalue weighted by atomic mass is 19.1. The summed E-state index contributed by atoms with van der Waals surface area (Å²) in [6, 6.07) is 3.25. The Kier molecular flexibility index (Phi) is 4.34. The summed E-state index contributed by atoms with van der Waals surface area (Å²) >= 11 is 0. The number of amides is 1. The fourth-order valence-corrected chi connectivity index (χ4v) is 2.24. The Morgan fingerprint density at radius 2 is 1.90 bits per heavy atom. The van der Waals surface area contributed by atoms with Gasteiger partial charge in [-0.2, -0.15) is 0 Å². The summed E-state index contributed by atoms with van der Waals surface area (Å²) in [5.74, 6) is -1.25. The molecule has 0 saturated carbocycles. The van der Waals surface area contributed by atoms with E-state index in [0.29, 0.717) is 25.2 Å². The molecule has 21 heavy (non-hydrogen) atoms. The van der Waals surface area contributed by atoms with Crippen molar-refractivity contribution >= 4 is 11.8 Å². The largest absolute Gasteiger partial charge is 0.444 e. The average molecular weight is 298 g/mol. The molecule has 4 nitrogen and oxygen atoms in total. The Morgan fingerprint density at radius 1 is 1.29 bits per heavy atom. The molecule has 0 spiro atoms. The third-order valence-electron chi connectivity index (χ3n) is 3.07. The number of hydrogen-bond donors (Lipinski definition) is 1. The molecule has 0 aromatic heterocycles. The van der Waals surface area contributed by atoms with Crippen molar-refractivity contribution in [3.63, 3.8) is 0 Å². The van der Waals surface area contributed by atoms with Gasteiger partial charge in [0.05, 0.1) is 0 Å². The zero-order valence-corrected chi connectivity index (χ0v) is 12.5. The van der Waals surface area contributed by atoms with Gasteiger partial charge in [0.1, 0.15) is 17.2 Å². The summed E-state index contributed by atoms with van der Waals surface area (Å²) < 4.78 is 31.6. The summed E-state index contributed by atoms with van der Waals surface area (Å²) in [7, 11) is 0. The van der Waals surface area contributed by atoms with Crippen molar-refractivity contribution in [2.24, 2.45) is 0 Å². The predicted molar refractivity (Wildman–Crippen MR) is 76.2 cm³/mol. The Bertz CT molecular complexity index is 509. The summed E-state index contributed by atoms with van der Waals surface area (Å²) in [6.07, 6.45) is 0.342. The molecule has 1 N–H and O–H groups in total. The maximum absolute atomic E-state index is 13.1. The highest BCUT2D eigenvalue weighted by Crippen LogP contribution is 2.20. The average Bonchev–Trinajstić information content (AvgIpc) is 2.73. The lowest BCUT2D eigenvalue weighted by molar-refractivity contribution is 0.0293. The van der Waals surface area contributed by atoms with E-state index in [2.05, 4.69) is 5.32 Å². The lowest BCUT2D eigenvalue weighted by atomic mass is 10.2. The standard InChI is InChI=1S/C15H20F2N2O2/c1-15(2,3)21-14(20)19-5-4-12(9-19)18-13-7-10(16)6-11(17)8-13/h6-8,12,18H,4-5,9H2,1-3H3. The number of benzene rings is 1. The van der Waals surface area contributed by atoms with Crippen LogP contribution in [0, 0.1) is 11.6 Å². The zero-order valence-electron chi connectivity index (χ0n) is 12.5. The molecule has 0 bridgehead atoms. The van der Waals surface area contributed by atoms with Gasteiger partial charge >= 0.3 is 6.09 Å². The van der Waals surface area contributed by atoms with Crippen molar-refractivity contribution in [2.75, 3.05) is 18.4 Å². The van der Waals surface area contributed by atoms with Crippen LogP contribution in [0.4, 0.5) is 19.3 Å². The van der Waals surface area contributed by atoms with Crippen molar-refractivity contribution in [2.45, 2.75) is 38.8 Å². The van der Waals surface area contributed by atoms with E-state index >= 15 is 0 Å². The van der Waals surface area contributed by atoms with E-state index in [-0.39, 0.29) is 12.1 Å². The van der Waals surface area contributed by atoms with Crippen molar-refractivity contribution in [1.29, 1.82) is 0 Å². The lowest BCUT2D eigenvalue weighted by Crippen LogP contribution is -2.36. The number of hydrogen-bond acceptors (Lipinski definition) is 3. The molecule has 1 amide bonds. The minimum atomic E-state index is -0.625. The van der Waals surface area contributed by atoms with Crippen LogP contribution in [0.3, 0.4) is 0 Å². The van der Waals surface area contributed by atoms with Gasteiger partial charge in [-0.25, -0.2) is 13.6 Å². The fourth-order valence-electron chi connectivity index (χ4n) is 2.24. The van der Waals surface area contributed by atoms with Crippen molar-refractivity contribution in [1.82, 2.24) is 4.90 Å². The first kappa shape index (κ1) is 15.5. The Labute approximate surface area is 123 Å². The highest BCUT2D eigenvalue weighted by molar-refractivity contribution is 5.68. The van der Waals surface area contributed by atoms with Gasteiger partial charge in [0.25, 0.3) is 0 Å². The minimum Gasteiger partial charge on any atom is -0.444 e. The van der Waals surface area contributed by atoms with Gasteiger partial charge in [0.15, 0.2) is 0 Å². The number of anilines is 1. The monoisotopic (exact) mass is 298 g/mol. The smallest absolute Gasteiger partial charge is 0.410 e. The summed E-state index contributed by atoms with van der Waals surface area (Å²) in [5, 5.41) is 3.04. The van der Waals surface area contributed by atoms with Crippen LogP contribution in [0.15, 0.2) is 18.2 Å². The van der Waals surface area contributed by atoms with Crippen molar-refractivity contribution in [3.8, 4) is 0 Å². The second kappa shape index (κ2) is 5.87. The Hall–Kier alpha value is -1.85. The van der Waals surface area contributed by atoms with E-state index in [4.69, 9.17) is 4.74 Å². The predicted octanol–water partition coefficient (Wildman–Crippen LogP) is 3.39. The molecule has 2 rings (SSSR count). The van der Waals surface area contributed by atoms with E-state index in [9.17, 15) is 13.6 Å². The van der Waals surface area contributed by atoms with Gasteiger partial charge in [-0.05, 0) is 39.3 Å². The van der Waals surface area contributed by atoms with E-state index in [1.54, 1.807) is 4.90 Å². The van der Waals surface area contributed by atoms with E-state index in [1.807, 2.05) is 20.8 Å². The molecule has 1 aliphatic heterocycles. The van der Waals surface area contributed by atoms with Crippen LogP contribution in [0.5, 0.6) is 0 Å². The maximum atomic E-state index is 13.1. The van der Waals surface area contributed by atoms with Crippen LogP contribution in [0.25, 0.3) is 0 Å². The summed E-state index contributed by atoms with van der Waals surface area (Å²) in [5.41, 5.74) is -0.155. The Morgan fingerprint density at radius 3 is 2.48 bits per heavy atom. The molecular formula is C15H20F2N2O2. The number of rotatable bonds is 2. The molecule has 116 valence electrons. The second-order valence-corrected chi connectivity index (χ2v) is 6.21. The van der Waals surface area contributed by atoms with Crippen LogP contribution in [0.2, 0.25) is 0 Å². The number of ether oxygens (including phenoxy) is 1. The first-order valence-electron chi connectivity index (χ1n) is 6.93. The summed E-state index contributed by atoms with van der Waals surface area (Å²) in [6.45, 7) is 6.45. The molecule has 1 heterocycles. The highest BCUT2D eigenvalue weighted by Gasteiger charge is 2.29.